The van der Waals surface area contributed by atoms with E-state index in [4.69, 9.17) is 16.2 Å². The lowest BCUT2D eigenvalue weighted by Gasteiger charge is -2.34. The molecule has 1 unspecified atom stereocenters. The molecule has 1 saturated heterocycles. The summed E-state index contributed by atoms with van der Waals surface area (Å²) in [5.74, 6) is -0.678. The molecule has 1 atom stereocenters. The fourth-order valence-electron chi connectivity index (χ4n) is 4.48. The first-order chi connectivity index (χ1) is 16.9. The number of hydrogen-bond acceptors (Lipinski definition) is 5. The lowest BCUT2D eigenvalue weighted by atomic mass is 9.93. The van der Waals surface area contributed by atoms with Crippen LogP contribution in [0.1, 0.15) is 30.4 Å². The number of carbonyl (C=O) groups is 2. The third kappa shape index (κ3) is 6.61. The van der Waals surface area contributed by atoms with Gasteiger partial charge in [0.05, 0.1) is 0 Å². The highest BCUT2D eigenvalue weighted by atomic mass is 32.2. The number of amidine groups is 1. The van der Waals surface area contributed by atoms with E-state index in [1.807, 2.05) is 41.3 Å². The predicted molar refractivity (Wildman–Crippen MR) is 139 cm³/mol. The zero-order chi connectivity index (χ0) is 24.8. The van der Waals surface area contributed by atoms with Gasteiger partial charge in [-0.3, -0.25) is 15.0 Å². The third-order valence-electron chi connectivity index (χ3n) is 6.41. The van der Waals surface area contributed by atoms with E-state index >= 15 is 0 Å². The Bertz CT molecular complexity index is 1220. The average molecular weight is 491 g/mol. The molecule has 4 rings (SSSR count). The molecule has 8 heteroatoms. The van der Waals surface area contributed by atoms with Crippen molar-refractivity contribution in [2.45, 2.75) is 36.6 Å². The van der Waals surface area contributed by atoms with Gasteiger partial charge < -0.3 is 15.7 Å². The van der Waals surface area contributed by atoms with Crippen molar-refractivity contribution in [2.75, 3.05) is 13.1 Å². The molecule has 3 aromatic carbocycles. The van der Waals surface area contributed by atoms with E-state index in [2.05, 4.69) is 29.0 Å². The van der Waals surface area contributed by atoms with Crippen LogP contribution in [0, 0.1) is 11.3 Å². The molecule has 35 heavy (non-hydrogen) atoms. The number of carboxylic acid groups (broad SMARTS) is 1. The van der Waals surface area contributed by atoms with E-state index in [-0.39, 0.29) is 24.1 Å². The first-order valence-electron chi connectivity index (χ1n) is 11.7. The van der Waals surface area contributed by atoms with Crippen LogP contribution in [0.3, 0.4) is 0 Å². The van der Waals surface area contributed by atoms with Gasteiger partial charge in [0.2, 0.25) is 5.91 Å². The summed E-state index contributed by atoms with van der Waals surface area (Å²) in [4.78, 5) is 27.5. The standard InChI is InChI=1S/C27H30N4O3S/c28-26(29)22-7-3-4-19(14-22)15-24(27(34)31-12-10-18(11-13-31)16-25(32)33)30-35-23-9-8-20-5-1-2-6-21(20)17-23/h1-9,14,17-18,24,30H,10-13,15-16H2,(H3,28,29)(H,32,33). The van der Waals surface area contributed by atoms with Crippen molar-refractivity contribution in [2.24, 2.45) is 11.7 Å². The number of benzene rings is 3. The number of hydrogen-bond donors (Lipinski definition) is 4. The number of aliphatic carboxylic acids is 1. The summed E-state index contributed by atoms with van der Waals surface area (Å²) >= 11 is 1.43. The molecule has 1 amide bonds. The molecule has 182 valence electrons. The lowest BCUT2D eigenvalue weighted by molar-refractivity contribution is -0.139. The smallest absolute Gasteiger partial charge is 0.303 e. The van der Waals surface area contributed by atoms with Crippen LogP contribution in [0.15, 0.2) is 71.6 Å². The molecule has 7 nitrogen and oxygen atoms in total. The quantitative estimate of drug-likeness (QED) is 0.204. The highest BCUT2D eigenvalue weighted by molar-refractivity contribution is 7.97. The Hall–Kier alpha value is -3.36. The molecule has 3 aromatic rings. The predicted octanol–water partition coefficient (Wildman–Crippen LogP) is 4.05. The molecular weight excluding hydrogens is 460 g/mol. The van der Waals surface area contributed by atoms with E-state index in [1.54, 1.807) is 6.07 Å². The fourth-order valence-corrected chi connectivity index (χ4v) is 5.26. The second-order valence-corrected chi connectivity index (χ2v) is 9.88. The molecular formula is C27H30N4O3S. The number of nitrogens with one attached hydrogen (secondary N) is 2. The van der Waals surface area contributed by atoms with Gasteiger partial charge in [-0.2, -0.15) is 0 Å². The molecule has 0 aliphatic carbocycles. The fraction of sp³-hybridized carbons (Fsp3) is 0.296. The van der Waals surface area contributed by atoms with Crippen molar-refractivity contribution < 1.29 is 14.7 Å². The van der Waals surface area contributed by atoms with E-state index < -0.39 is 12.0 Å². The molecule has 1 aliphatic rings. The Morgan fingerprint density at radius 1 is 1.06 bits per heavy atom. The van der Waals surface area contributed by atoms with Gasteiger partial charge in [0.15, 0.2) is 0 Å². The second-order valence-electron chi connectivity index (χ2n) is 8.97. The topological polar surface area (TPSA) is 120 Å². The number of nitrogen functional groups attached to an aromatic ring is 1. The lowest BCUT2D eigenvalue weighted by Crippen LogP contribution is -2.48. The summed E-state index contributed by atoms with van der Waals surface area (Å²) in [5.41, 5.74) is 7.21. The number of carboxylic acids is 1. The van der Waals surface area contributed by atoms with Gasteiger partial charge in [-0.05, 0) is 71.7 Å². The molecule has 0 saturated carbocycles. The number of piperidine rings is 1. The van der Waals surface area contributed by atoms with Crippen LogP contribution in [-0.2, 0) is 16.0 Å². The van der Waals surface area contributed by atoms with Gasteiger partial charge in [0.25, 0.3) is 0 Å². The van der Waals surface area contributed by atoms with Crippen LogP contribution in [0.5, 0.6) is 0 Å². The van der Waals surface area contributed by atoms with Gasteiger partial charge >= 0.3 is 5.97 Å². The van der Waals surface area contributed by atoms with Crippen molar-refractivity contribution in [1.29, 1.82) is 5.41 Å². The van der Waals surface area contributed by atoms with Gasteiger partial charge in [-0.25, -0.2) is 4.72 Å². The van der Waals surface area contributed by atoms with Gasteiger partial charge in [0.1, 0.15) is 11.9 Å². The Morgan fingerprint density at radius 2 is 1.80 bits per heavy atom. The monoisotopic (exact) mass is 490 g/mol. The Labute approximate surface area is 209 Å². The van der Waals surface area contributed by atoms with Gasteiger partial charge in [0, 0.05) is 30.0 Å². The van der Waals surface area contributed by atoms with Crippen molar-refractivity contribution in [3.8, 4) is 0 Å². The summed E-state index contributed by atoms with van der Waals surface area (Å²) in [6.45, 7) is 1.12. The molecule has 1 aliphatic heterocycles. The summed E-state index contributed by atoms with van der Waals surface area (Å²) in [5, 5.41) is 19.1. The first-order valence-corrected chi connectivity index (χ1v) is 12.6. The SMILES string of the molecule is N=C(N)c1cccc(CC(NSc2ccc3ccccc3c2)C(=O)N2CCC(CC(=O)O)CC2)c1. The highest BCUT2D eigenvalue weighted by Gasteiger charge is 2.29. The number of amides is 1. The maximum absolute atomic E-state index is 13.6. The van der Waals surface area contributed by atoms with Crippen molar-refractivity contribution in [3.05, 3.63) is 77.9 Å². The minimum absolute atomic E-state index is 0.000271. The minimum atomic E-state index is -0.786. The number of carbonyl (C=O) groups excluding carboxylic acids is 1. The van der Waals surface area contributed by atoms with Crippen molar-refractivity contribution in [3.63, 3.8) is 0 Å². The first kappa shape index (κ1) is 24.8. The second kappa shape index (κ2) is 11.4. The molecule has 0 spiro atoms. The van der Waals surface area contributed by atoms with Crippen LogP contribution in [-0.4, -0.2) is 46.8 Å². The van der Waals surface area contributed by atoms with Crippen molar-refractivity contribution in [1.82, 2.24) is 9.62 Å². The minimum Gasteiger partial charge on any atom is -0.481 e. The molecule has 5 N–H and O–H groups in total. The van der Waals surface area contributed by atoms with E-state index in [0.29, 0.717) is 37.9 Å². The van der Waals surface area contributed by atoms with Crippen LogP contribution < -0.4 is 10.5 Å². The van der Waals surface area contributed by atoms with Crippen LogP contribution in [0.25, 0.3) is 10.8 Å². The zero-order valence-corrected chi connectivity index (χ0v) is 20.3. The van der Waals surface area contributed by atoms with Crippen molar-refractivity contribution >= 4 is 40.4 Å². The van der Waals surface area contributed by atoms with Gasteiger partial charge in [-0.1, -0.05) is 48.5 Å². The number of nitrogens with zero attached hydrogens (tertiary/aromatic N) is 1. The molecule has 0 aromatic heterocycles. The number of rotatable bonds is 9. The summed E-state index contributed by atoms with van der Waals surface area (Å²) < 4.78 is 3.38. The highest BCUT2D eigenvalue weighted by Crippen LogP contribution is 2.25. The summed E-state index contributed by atoms with van der Waals surface area (Å²) in [6, 6.07) is 21.3. The van der Waals surface area contributed by atoms with Crippen LogP contribution in [0.4, 0.5) is 0 Å². The van der Waals surface area contributed by atoms with Crippen LogP contribution >= 0.6 is 11.9 Å². The maximum atomic E-state index is 13.6. The molecule has 0 radical (unpaired) electrons. The number of likely N-dealkylation sites (tertiary alicyclic amines) is 1. The Balaban J connectivity index is 1.49. The molecule has 0 bridgehead atoms. The van der Waals surface area contributed by atoms with E-state index in [1.165, 1.54) is 11.9 Å². The van der Waals surface area contributed by atoms with E-state index in [9.17, 15) is 9.59 Å². The van der Waals surface area contributed by atoms with E-state index in [0.717, 1.165) is 21.2 Å². The Kier molecular flexibility index (Phi) is 8.05. The molecule has 1 fully saturated rings. The summed E-state index contributed by atoms with van der Waals surface area (Å²) in [6.07, 6.45) is 2.00. The number of nitrogens with two attached hydrogens (primary N) is 1. The number of fused-ring (bicyclic) bond motifs is 1. The normalized spacial score (nSPS) is 15.1. The zero-order valence-electron chi connectivity index (χ0n) is 19.4. The van der Waals surface area contributed by atoms with Gasteiger partial charge in [-0.15, -0.1) is 0 Å². The Morgan fingerprint density at radius 3 is 2.51 bits per heavy atom. The third-order valence-corrected chi connectivity index (χ3v) is 7.30. The maximum Gasteiger partial charge on any atom is 0.303 e. The average Bonchev–Trinajstić information content (AvgIpc) is 2.86. The molecule has 1 heterocycles. The largest absolute Gasteiger partial charge is 0.481 e. The summed E-state index contributed by atoms with van der Waals surface area (Å²) in [7, 11) is 0. The van der Waals surface area contributed by atoms with Crippen LogP contribution in [0.2, 0.25) is 0 Å².